The van der Waals surface area contributed by atoms with Crippen LogP contribution in [-0.4, -0.2) is 47.8 Å². The lowest BCUT2D eigenvalue weighted by molar-refractivity contribution is 0.313. The van der Waals surface area contributed by atoms with E-state index in [-0.39, 0.29) is 0 Å². The Morgan fingerprint density at radius 2 is 1.17 bits per heavy atom. The topological polar surface area (TPSA) is 76.7 Å². The molecule has 2 aromatic rings. The largest absolute Gasteiger partial charge is 0.492 e. The summed E-state index contributed by atoms with van der Waals surface area (Å²) in [5, 5.41) is 6.52. The zero-order valence-electron chi connectivity index (χ0n) is 17.2. The van der Waals surface area contributed by atoms with Gasteiger partial charge in [0.25, 0.3) is 0 Å². The molecule has 2 aromatic carbocycles. The van der Waals surface area contributed by atoms with Crippen LogP contribution >= 0.6 is 0 Å². The zero-order valence-corrected chi connectivity index (χ0v) is 18.0. The summed E-state index contributed by atoms with van der Waals surface area (Å²) in [6.45, 7) is 8.54. The average molecular weight is 419 g/mol. The molecule has 0 bridgehead atoms. The molecule has 29 heavy (non-hydrogen) atoms. The van der Waals surface area contributed by atoms with Crippen molar-refractivity contribution in [2.45, 2.75) is 36.5 Å². The van der Waals surface area contributed by atoms with Crippen LogP contribution in [0.4, 0.5) is 0 Å². The molecule has 1 heterocycles. The van der Waals surface area contributed by atoms with E-state index >= 15 is 0 Å². The van der Waals surface area contributed by atoms with Crippen LogP contribution in [0.3, 0.4) is 0 Å². The Balaban J connectivity index is 1.70. The van der Waals surface area contributed by atoms with Gasteiger partial charge in [0.15, 0.2) is 0 Å². The van der Waals surface area contributed by atoms with Gasteiger partial charge in [0.05, 0.1) is 9.79 Å². The van der Waals surface area contributed by atoms with Crippen molar-refractivity contribution in [1.29, 1.82) is 0 Å². The fourth-order valence-electron chi connectivity index (χ4n) is 3.28. The summed E-state index contributed by atoms with van der Waals surface area (Å²) in [7, 11) is -3.58. The van der Waals surface area contributed by atoms with Gasteiger partial charge in [-0.05, 0) is 62.3 Å². The Morgan fingerprint density at radius 1 is 0.724 bits per heavy atom. The van der Waals surface area contributed by atoms with Gasteiger partial charge in [0.2, 0.25) is 9.84 Å². The van der Waals surface area contributed by atoms with Crippen LogP contribution in [0.1, 0.15) is 26.7 Å². The highest BCUT2D eigenvalue weighted by atomic mass is 32.2. The Morgan fingerprint density at radius 3 is 1.59 bits per heavy atom. The highest BCUT2D eigenvalue weighted by Crippen LogP contribution is 2.45. The highest BCUT2D eigenvalue weighted by Gasteiger charge is 2.33. The molecule has 0 spiro atoms. The van der Waals surface area contributed by atoms with Crippen LogP contribution < -0.4 is 20.1 Å². The minimum Gasteiger partial charge on any atom is -0.492 e. The molecule has 0 radical (unpaired) electrons. The molecule has 3 rings (SSSR count). The maximum Gasteiger partial charge on any atom is 0.208 e. The molecule has 158 valence electrons. The lowest BCUT2D eigenvalue weighted by Crippen LogP contribution is -2.21. The summed E-state index contributed by atoms with van der Waals surface area (Å²) in [6.07, 6.45) is 2.13. The van der Waals surface area contributed by atoms with Crippen LogP contribution in [-0.2, 0) is 9.84 Å². The van der Waals surface area contributed by atoms with Gasteiger partial charge in [-0.3, -0.25) is 0 Å². The van der Waals surface area contributed by atoms with Crippen molar-refractivity contribution in [2.75, 3.05) is 39.4 Å². The number of hydrogen-bond acceptors (Lipinski definition) is 6. The van der Waals surface area contributed by atoms with Crippen LogP contribution in [0.5, 0.6) is 11.5 Å². The molecule has 0 saturated carbocycles. The molecule has 0 fully saturated rings. The van der Waals surface area contributed by atoms with Gasteiger partial charge in [-0.2, -0.15) is 0 Å². The lowest BCUT2D eigenvalue weighted by Gasteiger charge is -2.08. The third kappa shape index (κ3) is 5.10. The Labute approximate surface area is 173 Å². The second-order valence-corrected chi connectivity index (χ2v) is 8.90. The van der Waals surface area contributed by atoms with Crippen molar-refractivity contribution >= 4 is 9.84 Å². The third-order valence-electron chi connectivity index (χ3n) is 4.72. The minimum absolute atomic E-state index is 0.299. The number of rotatable bonds is 12. The number of sulfone groups is 1. The van der Waals surface area contributed by atoms with Crippen LogP contribution in [0.2, 0.25) is 0 Å². The average Bonchev–Trinajstić information content (AvgIpc) is 2.94. The number of fused-ring (bicyclic) bond motifs is 3. The van der Waals surface area contributed by atoms with Gasteiger partial charge in [0.1, 0.15) is 24.7 Å². The first-order chi connectivity index (χ1) is 14.1. The molecule has 0 amide bonds. The Bertz CT molecular complexity index is 859. The SMILES string of the molecule is CCCNCCOc1ccc2c(c1)S(=O)(=O)c1cc(OCCNCCC)ccc1-2. The van der Waals surface area contributed by atoms with E-state index in [2.05, 4.69) is 24.5 Å². The first kappa shape index (κ1) is 21.6. The van der Waals surface area contributed by atoms with E-state index in [1.54, 1.807) is 12.1 Å². The van der Waals surface area contributed by atoms with Crippen LogP contribution in [0.25, 0.3) is 11.1 Å². The van der Waals surface area contributed by atoms with E-state index in [0.29, 0.717) is 45.6 Å². The van der Waals surface area contributed by atoms with Crippen molar-refractivity contribution in [3.63, 3.8) is 0 Å². The van der Waals surface area contributed by atoms with Crippen molar-refractivity contribution in [3.8, 4) is 22.6 Å². The van der Waals surface area contributed by atoms with Gasteiger partial charge < -0.3 is 20.1 Å². The fraction of sp³-hybridized carbons (Fsp3) is 0.455. The summed E-state index contributed by atoms with van der Waals surface area (Å²) in [5.41, 5.74) is 1.43. The molecular formula is C22H30N2O4S. The van der Waals surface area contributed by atoms with Crippen LogP contribution in [0.15, 0.2) is 46.2 Å². The summed E-state index contributed by atoms with van der Waals surface area (Å²) in [6, 6.07) is 10.5. The number of ether oxygens (including phenoxy) is 2. The van der Waals surface area contributed by atoms with Gasteiger partial charge in [0, 0.05) is 24.2 Å². The Kier molecular flexibility index (Phi) is 7.52. The molecule has 1 aliphatic heterocycles. The highest BCUT2D eigenvalue weighted by molar-refractivity contribution is 7.92. The van der Waals surface area contributed by atoms with Gasteiger partial charge in [-0.1, -0.05) is 13.8 Å². The second kappa shape index (κ2) is 10.1. The van der Waals surface area contributed by atoms with E-state index in [0.717, 1.165) is 39.0 Å². The quantitative estimate of drug-likeness (QED) is 0.440. The molecule has 7 heteroatoms. The molecule has 0 unspecified atom stereocenters. The molecule has 0 saturated heterocycles. The van der Waals surface area contributed by atoms with E-state index in [9.17, 15) is 8.42 Å². The first-order valence-corrected chi connectivity index (χ1v) is 11.8. The predicted molar refractivity (Wildman–Crippen MR) is 115 cm³/mol. The standard InChI is InChI=1S/C22H30N2O4S/c1-3-9-23-11-13-27-17-5-7-19-20-8-6-18(28-14-12-24-10-4-2)16-22(20)29(25,26)21(19)15-17/h5-8,15-16,23-24H,3-4,9-14H2,1-2H3. The first-order valence-electron chi connectivity index (χ1n) is 10.3. The van der Waals surface area contributed by atoms with Gasteiger partial charge in [-0.25, -0.2) is 8.42 Å². The molecule has 0 atom stereocenters. The molecule has 2 N–H and O–H groups in total. The molecule has 0 aliphatic carbocycles. The molecule has 1 aliphatic rings. The van der Waals surface area contributed by atoms with E-state index < -0.39 is 9.84 Å². The van der Waals surface area contributed by atoms with Crippen molar-refractivity contribution < 1.29 is 17.9 Å². The van der Waals surface area contributed by atoms with Crippen molar-refractivity contribution in [1.82, 2.24) is 10.6 Å². The van der Waals surface area contributed by atoms with Gasteiger partial charge in [-0.15, -0.1) is 0 Å². The molecule has 0 aromatic heterocycles. The molecule has 6 nitrogen and oxygen atoms in total. The van der Waals surface area contributed by atoms with E-state index in [4.69, 9.17) is 9.47 Å². The van der Waals surface area contributed by atoms with Gasteiger partial charge >= 0.3 is 0 Å². The second-order valence-electron chi connectivity index (χ2n) is 7.02. The van der Waals surface area contributed by atoms with Crippen molar-refractivity contribution in [3.05, 3.63) is 36.4 Å². The Hall–Kier alpha value is -2.09. The maximum absolute atomic E-state index is 13.1. The zero-order chi connectivity index (χ0) is 20.7. The number of benzene rings is 2. The number of hydrogen-bond donors (Lipinski definition) is 2. The van der Waals surface area contributed by atoms with E-state index in [1.165, 1.54) is 0 Å². The summed E-state index contributed by atoms with van der Waals surface area (Å²) in [4.78, 5) is 0.599. The number of nitrogens with one attached hydrogen (secondary N) is 2. The maximum atomic E-state index is 13.1. The van der Waals surface area contributed by atoms with E-state index in [1.807, 2.05) is 24.3 Å². The third-order valence-corrected chi connectivity index (χ3v) is 6.56. The summed E-state index contributed by atoms with van der Waals surface area (Å²) in [5.74, 6) is 1.13. The monoisotopic (exact) mass is 418 g/mol. The normalized spacial score (nSPS) is 13.7. The molecular weight excluding hydrogens is 388 g/mol. The smallest absolute Gasteiger partial charge is 0.208 e. The lowest BCUT2D eigenvalue weighted by atomic mass is 10.1. The van der Waals surface area contributed by atoms with Crippen LogP contribution in [0, 0.1) is 0 Å². The fourth-order valence-corrected chi connectivity index (χ4v) is 4.99. The summed E-state index contributed by atoms with van der Waals surface area (Å²) < 4.78 is 37.6. The van der Waals surface area contributed by atoms with Crippen molar-refractivity contribution in [2.24, 2.45) is 0 Å². The summed E-state index contributed by atoms with van der Waals surface area (Å²) >= 11 is 0. The predicted octanol–water partition coefficient (Wildman–Crippen LogP) is 3.26. The minimum atomic E-state index is -3.58.